The van der Waals surface area contributed by atoms with Gasteiger partial charge in [-0.15, -0.1) is 0 Å². The lowest BCUT2D eigenvalue weighted by Crippen LogP contribution is -2.36. The van der Waals surface area contributed by atoms with Crippen LogP contribution in [0.1, 0.15) is 18.1 Å². The molecule has 3 aromatic rings. The number of nitrogens with zero attached hydrogens (tertiary/aromatic N) is 3. The Hall–Kier alpha value is -3.59. The third-order valence-corrected chi connectivity index (χ3v) is 6.32. The van der Waals surface area contributed by atoms with Gasteiger partial charge in [0.1, 0.15) is 6.54 Å². The number of imidazole rings is 1. The molecule has 2 aromatic carbocycles. The van der Waals surface area contributed by atoms with Crippen molar-refractivity contribution in [1.82, 2.24) is 14.0 Å². The number of rotatable bonds is 5. The van der Waals surface area contributed by atoms with Crippen LogP contribution in [0, 0.1) is 0 Å². The number of carbonyl (C=O) groups excluding carboxylic acids is 3. The van der Waals surface area contributed by atoms with E-state index >= 15 is 0 Å². The standard InChI is InChI=1S/C23H22N4O4S/c1-4-14-5-8-16(9-6-14)24-20(28)13-27-21(29)19(32-23(27)31)12-15-7-10-17-18(11-15)26(3)22(30)25(17)2/h5-12H,4,13H2,1-3H3,(H,24,28)/b19-12-. The van der Waals surface area contributed by atoms with Crippen LogP contribution in [0.3, 0.4) is 0 Å². The van der Waals surface area contributed by atoms with Crippen molar-refractivity contribution in [3.05, 3.63) is 69.0 Å². The largest absolute Gasteiger partial charge is 0.328 e. The van der Waals surface area contributed by atoms with Crippen LogP contribution in [0.2, 0.25) is 0 Å². The lowest BCUT2D eigenvalue weighted by atomic mass is 10.1. The monoisotopic (exact) mass is 450 g/mol. The van der Waals surface area contributed by atoms with Crippen LogP contribution in [0.5, 0.6) is 0 Å². The molecule has 1 aliphatic rings. The van der Waals surface area contributed by atoms with Crippen molar-refractivity contribution >= 4 is 51.6 Å². The summed E-state index contributed by atoms with van der Waals surface area (Å²) in [5.41, 5.74) is 3.78. The number of aromatic nitrogens is 2. The van der Waals surface area contributed by atoms with Crippen molar-refractivity contribution in [2.45, 2.75) is 13.3 Å². The first-order valence-electron chi connectivity index (χ1n) is 10.1. The Balaban J connectivity index is 1.50. The third-order valence-electron chi connectivity index (χ3n) is 5.42. The fourth-order valence-electron chi connectivity index (χ4n) is 3.57. The highest BCUT2D eigenvalue weighted by Gasteiger charge is 2.36. The molecule has 0 unspecified atom stereocenters. The van der Waals surface area contributed by atoms with Crippen molar-refractivity contribution in [2.75, 3.05) is 11.9 Å². The molecule has 0 bridgehead atoms. The normalized spacial score (nSPS) is 15.2. The summed E-state index contributed by atoms with van der Waals surface area (Å²) in [6, 6.07) is 12.8. The van der Waals surface area contributed by atoms with Crippen LogP contribution in [0.15, 0.2) is 52.2 Å². The molecule has 0 spiro atoms. The van der Waals surface area contributed by atoms with E-state index in [9.17, 15) is 19.2 Å². The Labute approximate surface area is 188 Å². The van der Waals surface area contributed by atoms with Crippen molar-refractivity contribution in [3.63, 3.8) is 0 Å². The second-order valence-electron chi connectivity index (χ2n) is 7.52. The molecule has 1 aliphatic heterocycles. The van der Waals surface area contributed by atoms with E-state index in [-0.39, 0.29) is 17.1 Å². The summed E-state index contributed by atoms with van der Waals surface area (Å²) >= 11 is 0.793. The summed E-state index contributed by atoms with van der Waals surface area (Å²) in [6.07, 6.45) is 2.49. The Kier molecular flexibility index (Phi) is 5.75. The van der Waals surface area contributed by atoms with Gasteiger partial charge in [-0.3, -0.25) is 28.4 Å². The van der Waals surface area contributed by atoms with Gasteiger partial charge in [0.2, 0.25) is 5.91 Å². The van der Waals surface area contributed by atoms with Gasteiger partial charge >= 0.3 is 5.69 Å². The topological polar surface area (TPSA) is 93.4 Å². The SMILES string of the molecule is CCc1ccc(NC(=O)CN2C(=O)S/C(=C\c3ccc4c(c3)n(C)c(=O)n4C)C2=O)cc1. The van der Waals surface area contributed by atoms with E-state index in [2.05, 4.69) is 5.32 Å². The van der Waals surface area contributed by atoms with Crippen LogP contribution in [-0.4, -0.2) is 37.6 Å². The lowest BCUT2D eigenvalue weighted by molar-refractivity contribution is -0.127. The summed E-state index contributed by atoms with van der Waals surface area (Å²) in [4.78, 5) is 50.8. The van der Waals surface area contributed by atoms with Gasteiger partial charge in [-0.1, -0.05) is 25.1 Å². The van der Waals surface area contributed by atoms with Gasteiger partial charge in [-0.2, -0.15) is 0 Å². The predicted molar refractivity (Wildman–Crippen MR) is 125 cm³/mol. The maximum absolute atomic E-state index is 12.8. The van der Waals surface area contributed by atoms with Gasteiger partial charge in [-0.05, 0) is 59.7 Å². The smallest absolute Gasteiger partial charge is 0.325 e. The van der Waals surface area contributed by atoms with Crippen molar-refractivity contribution in [1.29, 1.82) is 0 Å². The Morgan fingerprint density at radius 3 is 2.38 bits per heavy atom. The Bertz CT molecular complexity index is 1330. The van der Waals surface area contributed by atoms with Crippen molar-refractivity contribution in [2.24, 2.45) is 14.1 Å². The summed E-state index contributed by atoms with van der Waals surface area (Å²) in [5.74, 6) is -0.961. The van der Waals surface area contributed by atoms with Crippen molar-refractivity contribution in [3.8, 4) is 0 Å². The van der Waals surface area contributed by atoms with Crippen LogP contribution in [0.25, 0.3) is 17.1 Å². The van der Waals surface area contributed by atoms with E-state index in [1.165, 1.54) is 4.57 Å². The highest BCUT2D eigenvalue weighted by atomic mass is 32.2. The van der Waals surface area contributed by atoms with Crippen LogP contribution < -0.4 is 11.0 Å². The first-order valence-corrected chi connectivity index (χ1v) is 10.9. The zero-order valence-electron chi connectivity index (χ0n) is 17.9. The Morgan fingerprint density at radius 2 is 1.69 bits per heavy atom. The predicted octanol–water partition coefficient (Wildman–Crippen LogP) is 3.11. The van der Waals surface area contributed by atoms with E-state index in [0.717, 1.165) is 39.7 Å². The second-order valence-corrected chi connectivity index (χ2v) is 8.51. The molecule has 2 heterocycles. The van der Waals surface area contributed by atoms with Gasteiger partial charge in [0.15, 0.2) is 0 Å². The maximum Gasteiger partial charge on any atom is 0.328 e. The lowest BCUT2D eigenvalue weighted by Gasteiger charge is -2.12. The van der Waals surface area contributed by atoms with E-state index in [4.69, 9.17) is 0 Å². The number of amides is 3. The van der Waals surface area contributed by atoms with E-state index in [0.29, 0.717) is 11.3 Å². The molecule has 8 nitrogen and oxygen atoms in total. The number of thioether (sulfide) groups is 1. The average molecular weight is 451 g/mol. The van der Waals surface area contributed by atoms with Gasteiger partial charge in [0, 0.05) is 19.8 Å². The molecular weight excluding hydrogens is 428 g/mol. The quantitative estimate of drug-likeness (QED) is 0.603. The number of aryl methyl sites for hydroxylation is 3. The number of hydrogen-bond acceptors (Lipinski definition) is 5. The van der Waals surface area contributed by atoms with Crippen LogP contribution in [-0.2, 0) is 30.1 Å². The molecule has 0 aliphatic carbocycles. The minimum atomic E-state index is -0.515. The van der Waals surface area contributed by atoms with E-state index in [1.54, 1.807) is 55.1 Å². The minimum Gasteiger partial charge on any atom is -0.325 e. The molecule has 32 heavy (non-hydrogen) atoms. The first-order chi connectivity index (χ1) is 15.3. The number of hydrogen-bond donors (Lipinski definition) is 1. The van der Waals surface area contributed by atoms with E-state index < -0.39 is 17.1 Å². The van der Waals surface area contributed by atoms with Crippen molar-refractivity contribution < 1.29 is 14.4 Å². The summed E-state index contributed by atoms with van der Waals surface area (Å²) in [5, 5.41) is 2.22. The van der Waals surface area contributed by atoms with Gasteiger partial charge in [0.05, 0.1) is 15.9 Å². The first kappa shape index (κ1) is 21.6. The number of nitrogens with one attached hydrogen (secondary N) is 1. The third kappa shape index (κ3) is 3.99. The number of carbonyl (C=O) groups is 3. The fraction of sp³-hybridized carbons (Fsp3) is 0.217. The molecular formula is C23H22N4O4S. The number of fused-ring (bicyclic) bond motifs is 1. The van der Waals surface area contributed by atoms with Crippen LogP contribution in [0.4, 0.5) is 10.5 Å². The highest BCUT2D eigenvalue weighted by molar-refractivity contribution is 8.18. The van der Waals surface area contributed by atoms with Crippen LogP contribution >= 0.6 is 11.8 Å². The molecule has 1 N–H and O–H groups in total. The summed E-state index contributed by atoms with van der Waals surface area (Å²) < 4.78 is 3.07. The molecule has 4 rings (SSSR count). The number of imide groups is 1. The maximum atomic E-state index is 12.8. The molecule has 0 radical (unpaired) electrons. The highest BCUT2D eigenvalue weighted by Crippen LogP contribution is 2.32. The number of anilines is 1. The molecule has 1 aromatic heterocycles. The number of benzene rings is 2. The molecule has 1 saturated heterocycles. The summed E-state index contributed by atoms with van der Waals surface area (Å²) in [7, 11) is 3.37. The second kappa shape index (κ2) is 8.51. The molecule has 0 atom stereocenters. The Morgan fingerprint density at radius 1 is 1.00 bits per heavy atom. The molecule has 9 heteroatoms. The molecule has 3 amide bonds. The zero-order chi connectivity index (χ0) is 23.0. The van der Waals surface area contributed by atoms with Gasteiger partial charge < -0.3 is 5.32 Å². The molecule has 0 saturated carbocycles. The molecule has 1 fully saturated rings. The van der Waals surface area contributed by atoms with Gasteiger partial charge in [0.25, 0.3) is 11.1 Å². The fourth-order valence-corrected chi connectivity index (χ4v) is 4.41. The van der Waals surface area contributed by atoms with E-state index in [1.807, 2.05) is 19.1 Å². The summed E-state index contributed by atoms with van der Waals surface area (Å²) in [6.45, 7) is 1.68. The zero-order valence-corrected chi connectivity index (χ0v) is 18.7. The molecule has 164 valence electrons. The average Bonchev–Trinajstić information content (AvgIpc) is 3.16. The van der Waals surface area contributed by atoms with Gasteiger partial charge in [-0.25, -0.2) is 4.79 Å². The minimum absolute atomic E-state index is 0.146.